The van der Waals surface area contributed by atoms with Crippen LogP contribution in [0.5, 0.6) is 0 Å². The van der Waals surface area contributed by atoms with Crippen molar-refractivity contribution in [1.82, 2.24) is 5.32 Å². The van der Waals surface area contributed by atoms with E-state index in [1.807, 2.05) is 0 Å². The summed E-state index contributed by atoms with van der Waals surface area (Å²) >= 11 is 0. The molecule has 8 heteroatoms. The molecule has 1 fully saturated rings. The molecular formula is C16H27NO7. The van der Waals surface area contributed by atoms with Crippen LogP contribution in [0.4, 0.5) is 0 Å². The average molecular weight is 345 g/mol. The van der Waals surface area contributed by atoms with Gasteiger partial charge in [-0.25, -0.2) is 0 Å². The van der Waals surface area contributed by atoms with Crippen molar-refractivity contribution < 1.29 is 33.3 Å². The first-order valence-corrected chi connectivity index (χ1v) is 8.36. The smallest absolute Gasteiger partial charge is 0.335 e. The zero-order valence-electron chi connectivity index (χ0n) is 14.6. The summed E-state index contributed by atoms with van der Waals surface area (Å²) in [7, 11) is 0. The number of carbonyl (C=O) groups excluding carboxylic acids is 3. The van der Waals surface area contributed by atoms with Gasteiger partial charge in [-0.15, -0.1) is 0 Å². The van der Waals surface area contributed by atoms with E-state index in [1.165, 1.54) is 0 Å². The van der Waals surface area contributed by atoms with Crippen LogP contribution in [0.1, 0.15) is 33.6 Å². The fourth-order valence-corrected chi connectivity index (χ4v) is 2.53. The SMILES string of the molecule is CCOC(=O)C(C[C@@H]1CCNCCO1)(C(=O)OCC)C(=O)OCC. The van der Waals surface area contributed by atoms with Crippen LogP contribution in [-0.2, 0) is 33.3 Å². The van der Waals surface area contributed by atoms with Crippen molar-refractivity contribution in [3.8, 4) is 0 Å². The van der Waals surface area contributed by atoms with Crippen molar-refractivity contribution in [3.05, 3.63) is 0 Å². The van der Waals surface area contributed by atoms with E-state index in [1.54, 1.807) is 20.8 Å². The molecule has 0 amide bonds. The molecule has 1 aliphatic rings. The maximum atomic E-state index is 12.6. The van der Waals surface area contributed by atoms with E-state index in [9.17, 15) is 14.4 Å². The minimum atomic E-state index is -2.16. The van der Waals surface area contributed by atoms with Gasteiger partial charge in [0.25, 0.3) is 5.41 Å². The molecule has 138 valence electrons. The van der Waals surface area contributed by atoms with Crippen LogP contribution in [0, 0.1) is 5.41 Å². The maximum Gasteiger partial charge on any atom is 0.335 e. The third kappa shape index (κ3) is 4.91. The molecule has 0 aromatic heterocycles. The van der Waals surface area contributed by atoms with E-state index in [2.05, 4.69) is 5.32 Å². The average Bonchev–Trinajstić information content (AvgIpc) is 2.81. The molecule has 8 nitrogen and oxygen atoms in total. The Hall–Kier alpha value is -1.67. The van der Waals surface area contributed by atoms with Crippen LogP contribution >= 0.6 is 0 Å². The predicted octanol–water partition coefficient (Wildman–Crippen LogP) is 0.431. The van der Waals surface area contributed by atoms with Crippen molar-refractivity contribution in [1.29, 1.82) is 0 Å². The normalized spacial score (nSPS) is 18.4. The number of esters is 3. The number of carbonyl (C=O) groups is 3. The molecule has 1 rings (SSSR count). The first-order valence-electron chi connectivity index (χ1n) is 8.36. The quantitative estimate of drug-likeness (QED) is 0.384. The summed E-state index contributed by atoms with van der Waals surface area (Å²) in [5, 5.41) is 3.15. The van der Waals surface area contributed by atoms with Gasteiger partial charge in [0.05, 0.1) is 32.5 Å². The largest absolute Gasteiger partial charge is 0.465 e. The molecule has 0 radical (unpaired) electrons. The van der Waals surface area contributed by atoms with Crippen molar-refractivity contribution >= 4 is 17.9 Å². The third-order valence-corrected chi connectivity index (χ3v) is 3.68. The molecule has 1 saturated heterocycles. The summed E-state index contributed by atoms with van der Waals surface area (Å²) in [5.74, 6) is -2.87. The zero-order chi connectivity index (χ0) is 18.0. The maximum absolute atomic E-state index is 12.6. The van der Waals surface area contributed by atoms with Crippen LogP contribution in [-0.4, -0.2) is 63.5 Å². The fourth-order valence-electron chi connectivity index (χ4n) is 2.53. The molecule has 1 aliphatic heterocycles. The van der Waals surface area contributed by atoms with E-state index in [4.69, 9.17) is 18.9 Å². The number of ether oxygens (including phenoxy) is 4. The lowest BCUT2D eigenvalue weighted by atomic mass is 9.81. The first kappa shape index (κ1) is 20.4. The summed E-state index contributed by atoms with van der Waals surface area (Å²) in [6, 6.07) is 0. The van der Waals surface area contributed by atoms with Gasteiger partial charge in [0.1, 0.15) is 0 Å². The van der Waals surface area contributed by atoms with Gasteiger partial charge in [-0.05, 0) is 33.7 Å². The number of rotatable bonds is 8. The van der Waals surface area contributed by atoms with Gasteiger partial charge in [-0.3, -0.25) is 14.4 Å². The second-order valence-electron chi connectivity index (χ2n) is 5.30. The molecule has 0 aromatic carbocycles. The van der Waals surface area contributed by atoms with Crippen molar-refractivity contribution in [3.63, 3.8) is 0 Å². The van der Waals surface area contributed by atoms with E-state index in [0.29, 0.717) is 26.1 Å². The Morgan fingerprint density at radius 3 is 1.92 bits per heavy atom. The Morgan fingerprint density at radius 2 is 1.46 bits per heavy atom. The Balaban J connectivity index is 3.18. The monoisotopic (exact) mass is 345 g/mol. The molecule has 0 spiro atoms. The standard InChI is InChI=1S/C16H27NO7/c1-4-21-13(18)16(14(19)22-5-2,15(20)23-6-3)11-12-7-8-17-9-10-24-12/h12,17H,4-11H2,1-3H3/t12-/m0/s1. The van der Waals surface area contributed by atoms with Gasteiger partial charge in [0.15, 0.2) is 0 Å². The van der Waals surface area contributed by atoms with Crippen LogP contribution in [0.2, 0.25) is 0 Å². The fraction of sp³-hybridized carbons (Fsp3) is 0.812. The van der Waals surface area contributed by atoms with Crippen molar-refractivity contribution in [2.75, 3.05) is 39.5 Å². The molecule has 0 aromatic rings. The second kappa shape index (κ2) is 10.2. The first-order chi connectivity index (χ1) is 11.5. The number of nitrogens with one attached hydrogen (secondary N) is 1. The van der Waals surface area contributed by atoms with Gasteiger partial charge in [-0.2, -0.15) is 0 Å². The highest BCUT2D eigenvalue weighted by molar-refractivity contribution is 6.18. The van der Waals surface area contributed by atoms with E-state index < -0.39 is 29.4 Å². The van der Waals surface area contributed by atoms with Gasteiger partial charge in [0, 0.05) is 13.0 Å². The van der Waals surface area contributed by atoms with E-state index >= 15 is 0 Å². The van der Waals surface area contributed by atoms with Gasteiger partial charge in [-0.1, -0.05) is 0 Å². The lowest BCUT2D eigenvalue weighted by Crippen LogP contribution is -2.51. The van der Waals surface area contributed by atoms with Crippen molar-refractivity contribution in [2.24, 2.45) is 5.41 Å². The van der Waals surface area contributed by atoms with Gasteiger partial charge >= 0.3 is 17.9 Å². The highest BCUT2D eigenvalue weighted by Gasteiger charge is 2.58. The number of hydrogen-bond acceptors (Lipinski definition) is 8. The van der Waals surface area contributed by atoms with E-state index in [0.717, 1.165) is 0 Å². The molecule has 0 saturated carbocycles. The van der Waals surface area contributed by atoms with Gasteiger partial charge in [0.2, 0.25) is 0 Å². The minimum absolute atomic E-state index is 0.0342. The zero-order valence-corrected chi connectivity index (χ0v) is 14.6. The highest BCUT2D eigenvalue weighted by atomic mass is 16.6. The molecule has 0 bridgehead atoms. The Labute approximate surface area is 142 Å². The summed E-state index contributed by atoms with van der Waals surface area (Å²) in [6.45, 7) is 6.67. The molecule has 1 N–H and O–H groups in total. The predicted molar refractivity (Wildman–Crippen MR) is 84.2 cm³/mol. The van der Waals surface area contributed by atoms with Gasteiger partial charge < -0.3 is 24.3 Å². The molecular weight excluding hydrogens is 318 g/mol. The van der Waals surface area contributed by atoms with Crippen LogP contribution < -0.4 is 5.32 Å². The molecule has 1 heterocycles. The summed E-state index contributed by atoms with van der Waals surface area (Å²) in [6.07, 6.45) is -0.0660. The lowest BCUT2D eigenvalue weighted by Gasteiger charge is -2.30. The summed E-state index contributed by atoms with van der Waals surface area (Å²) in [5.41, 5.74) is -2.16. The van der Waals surface area contributed by atoms with Crippen LogP contribution in [0.25, 0.3) is 0 Å². The Morgan fingerprint density at radius 1 is 0.958 bits per heavy atom. The molecule has 24 heavy (non-hydrogen) atoms. The second-order valence-corrected chi connectivity index (χ2v) is 5.30. The Bertz CT molecular complexity index is 385. The molecule has 1 atom stereocenters. The minimum Gasteiger partial charge on any atom is -0.465 e. The highest BCUT2D eigenvalue weighted by Crippen LogP contribution is 2.32. The van der Waals surface area contributed by atoms with Crippen LogP contribution in [0.3, 0.4) is 0 Å². The molecule has 0 unspecified atom stereocenters. The number of hydrogen-bond donors (Lipinski definition) is 1. The summed E-state index contributed by atoms with van der Waals surface area (Å²) < 4.78 is 20.7. The Kier molecular flexibility index (Phi) is 8.70. The van der Waals surface area contributed by atoms with Crippen molar-refractivity contribution in [2.45, 2.75) is 39.7 Å². The molecule has 0 aliphatic carbocycles. The topological polar surface area (TPSA) is 100 Å². The van der Waals surface area contributed by atoms with E-state index in [-0.39, 0.29) is 26.2 Å². The summed E-state index contributed by atoms with van der Waals surface area (Å²) in [4.78, 5) is 37.7. The van der Waals surface area contributed by atoms with Crippen LogP contribution in [0.15, 0.2) is 0 Å². The third-order valence-electron chi connectivity index (χ3n) is 3.68. The lowest BCUT2D eigenvalue weighted by molar-refractivity contribution is -0.187.